The van der Waals surface area contributed by atoms with Gasteiger partial charge in [-0.3, -0.25) is 4.90 Å². The molecule has 2 aliphatic rings. The first-order chi connectivity index (χ1) is 9.12. The van der Waals surface area contributed by atoms with Crippen LogP contribution in [0.25, 0.3) is 0 Å². The molecule has 0 bridgehead atoms. The summed E-state index contributed by atoms with van der Waals surface area (Å²) in [6, 6.07) is 1.53. The van der Waals surface area contributed by atoms with Crippen LogP contribution in [-0.4, -0.2) is 36.6 Å². The third kappa shape index (κ3) is 4.46. The Hall–Kier alpha value is -0.0800. The first-order valence-electron chi connectivity index (χ1n) is 8.60. The predicted octanol–water partition coefficient (Wildman–Crippen LogP) is 3.81. The highest BCUT2D eigenvalue weighted by Gasteiger charge is 2.37. The van der Waals surface area contributed by atoms with Crippen LogP contribution >= 0.6 is 0 Å². The van der Waals surface area contributed by atoms with Crippen LogP contribution in [0.3, 0.4) is 0 Å². The molecule has 1 aliphatic carbocycles. The molecule has 1 saturated carbocycles. The fraction of sp³-hybridized carbons (Fsp3) is 1.00. The van der Waals surface area contributed by atoms with Gasteiger partial charge in [0.25, 0.3) is 0 Å². The number of rotatable bonds is 4. The molecule has 2 nitrogen and oxygen atoms in total. The molecule has 0 radical (unpaired) electrons. The lowest BCUT2D eigenvalue weighted by Gasteiger charge is -2.46. The lowest BCUT2D eigenvalue weighted by atomic mass is 9.72. The molecule has 0 aromatic carbocycles. The molecular formula is C17H34N2. The molecule has 19 heavy (non-hydrogen) atoms. The number of nitrogens with one attached hydrogen (secondary N) is 1. The SMILES string of the molecule is CCCNC1CCC(C)(C)CC1N1CCCCCC1. The molecule has 0 aromatic rings. The fourth-order valence-electron chi connectivity index (χ4n) is 3.93. The second kappa shape index (κ2) is 7.08. The summed E-state index contributed by atoms with van der Waals surface area (Å²) >= 11 is 0. The van der Waals surface area contributed by atoms with E-state index in [0.717, 1.165) is 12.1 Å². The number of hydrogen-bond donors (Lipinski definition) is 1. The summed E-state index contributed by atoms with van der Waals surface area (Å²) in [6.45, 7) is 11.1. The van der Waals surface area contributed by atoms with Crippen molar-refractivity contribution in [1.29, 1.82) is 0 Å². The van der Waals surface area contributed by atoms with Crippen molar-refractivity contribution in [1.82, 2.24) is 10.2 Å². The summed E-state index contributed by atoms with van der Waals surface area (Å²) in [5.41, 5.74) is 0.543. The molecule has 2 heteroatoms. The van der Waals surface area contributed by atoms with Crippen molar-refractivity contribution in [3.05, 3.63) is 0 Å². The standard InChI is InChI=1S/C17H34N2/c1-4-11-18-15-9-10-17(2,3)14-16(15)19-12-7-5-6-8-13-19/h15-16,18H,4-14H2,1-3H3. The summed E-state index contributed by atoms with van der Waals surface area (Å²) in [5.74, 6) is 0. The maximum Gasteiger partial charge on any atom is 0.0254 e. The minimum atomic E-state index is 0.543. The highest BCUT2D eigenvalue weighted by molar-refractivity contribution is 4.94. The minimum absolute atomic E-state index is 0.543. The zero-order valence-corrected chi connectivity index (χ0v) is 13.4. The van der Waals surface area contributed by atoms with E-state index in [9.17, 15) is 0 Å². The van der Waals surface area contributed by atoms with Crippen LogP contribution in [0.1, 0.15) is 72.1 Å². The van der Waals surface area contributed by atoms with Crippen LogP contribution in [-0.2, 0) is 0 Å². The van der Waals surface area contributed by atoms with E-state index in [1.165, 1.54) is 71.0 Å². The Bertz CT molecular complexity index is 254. The molecule has 2 atom stereocenters. The average molecular weight is 266 g/mol. The Labute approximate surface area is 120 Å². The quantitative estimate of drug-likeness (QED) is 0.832. The summed E-state index contributed by atoms with van der Waals surface area (Å²) in [7, 11) is 0. The van der Waals surface area contributed by atoms with E-state index in [0.29, 0.717) is 5.41 Å². The molecule has 1 saturated heterocycles. The van der Waals surface area contributed by atoms with Crippen LogP contribution < -0.4 is 5.32 Å². The molecular weight excluding hydrogens is 232 g/mol. The second-order valence-corrected chi connectivity index (χ2v) is 7.49. The number of likely N-dealkylation sites (tertiary alicyclic amines) is 1. The van der Waals surface area contributed by atoms with Crippen molar-refractivity contribution < 1.29 is 0 Å². The first kappa shape index (κ1) is 15.3. The molecule has 2 unspecified atom stereocenters. The fourth-order valence-corrected chi connectivity index (χ4v) is 3.93. The molecule has 112 valence electrons. The zero-order valence-electron chi connectivity index (χ0n) is 13.4. The van der Waals surface area contributed by atoms with Crippen LogP contribution in [0.15, 0.2) is 0 Å². The smallest absolute Gasteiger partial charge is 0.0254 e. The molecule has 1 heterocycles. The lowest BCUT2D eigenvalue weighted by molar-refractivity contribution is 0.0670. The van der Waals surface area contributed by atoms with Crippen molar-refractivity contribution >= 4 is 0 Å². The van der Waals surface area contributed by atoms with Crippen molar-refractivity contribution in [2.45, 2.75) is 84.2 Å². The van der Waals surface area contributed by atoms with Crippen LogP contribution in [0.4, 0.5) is 0 Å². The second-order valence-electron chi connectivity index (χ2n) is 7.49. The Morgan fingerprint density at radius 1 is 1.11 bits per heavy atom. The van der Waals surface area contributed by atoms with E-state index in [1.807, 2.05) is 0 Å². The van der Waals surface area contributed by atoms with Gasteiger partial charge in [0, 0.05) is 12.1 Å². The van der Waals surface area contributed by atoms with E-state index < -0.39 is 0 Å². The Morgan fingerprint density at radius 3 is 2.42 bits per heavy atom. The highest BCUT2D eigenvalue weighted by Crippen LogP contribution is 2.38. The van der Waals surface area contributed by atoms with Gasteiger partial charge in [0.1, 0.15) is 0 Å². The van der Waals surface area contributed by atoms with Gasteiger partial charge in [-0.1, -0.05) is 33.6 Å². The number of hydrogen-bond acceptors (Lipinski definition) is 2. The number of nitrogens with zero attached hydrogens (tertiary/aromatic N) is 1. The molecule has 1 aliphatic heterocycles. The van der Waals surface area contributed by atoms with Crippen molar-refractivity contribution in [2.75, 3.05) is 19.6 Å². The van der Waals surface area contributed by atoms with Crippen molar-refractivity contribution in [3.63, 3.8) is 0 Å². The topological polar surface area (TPSA) is 15.3 Å². The Kier molecular flexibility index (Phi) is 5.70. The molecule has 2 fully saturated rings. The van der Waals surface area contributed by atoms with Gasteiger partial charge in [-0.15, -0.1) is 0 Å². The van der Waals surface area contributed by atoms with Crippen LogP contribution in [0, 0.1) is 5.41 Å². The van der Waals surface area contributed by atoms with E-state index in [1.54, 1.807) is 0 Å². The third-order valence-corrected chi connectivity index (χ3v) is 5.12. The van der Waals surface area contributed by atoms with Crippen molar-refractivity contribution in [2.24, 2.45) is 5.41 Å². The first-order valence-corrected chi connectivity index (χ1v) is 8.60. The van der Waals surface area contributed by atoms with Gasteiger partial charge < -0.3 is 5.32 Å². The van der Waals surface area contributed by atoms with Gasteiger partial charge in [0.05, 0.1) is 0 Å². The van der Waals surface area contributed by atoms with Crippen LogP contribution in [0.5, 0.6) is 0 Å². The Morgan fingerprint density at radius 2 is 1.79 bits per heavy atom. The maximum atomic E-state index is 3.84. The van der Waals surface area contributed by atoms with Gasteiger partial charge in [-0.25, -0.2) is 0 Å². The summed E-state index contributed by atoms with van der Waals surface area (Å²) < 4.78 is 0. The summed E-state index contributed by atoms with van der Waals surface area (Å²) in [5, 5.41) is 3.84. The third-order valence-electron chi connectivity index (χ3n) is 5.12. The maximum absolute atomic E-state index is 3.84. The molecule has 2 rings (SSSR count). The normalized spacial score (nSPS) is 33.0. The Balaban J connectivity index is 2.00. The van der Waals surface area contributed by atoms with E-state index in [2.05, 4.69) is 31.0 Å². The monoisotopic (exact) mass is 266 g/mol. The summed E-state index contributed by atoms with van der Waals surface area (Å²) in [4.78, 5) is 2.82. The summed E-state index contributed by atoms with van der Waals surface area (Å²) in [6.07, 6.45) is 11.1. The van der Waals surface area contributed by atoms with Gasteiger partial charge in [0.15, 0.2) is 0 Å². The van der Waals surface area contributed by atoms with E-state index >= 15 is 0 Å². The average Bonchev–Trinajstić information content (AvgIpc) is 2.65. The molecule has 0 amide bonds. The molecule has 0 spiro atoms. The van der Waals surface area contributed by atoms with E-state index in [4.69, 9.17) is 0 Å². The van der Waals surface area contributed by atoms with Crippen molar-refractivity contribution in [3.8, 4) is 0 Å². The van der Waals surface area contributed by atoms with E-state index in [-0.39, 0.29) is 0 Å². The minimum Gasteiger partial charge on any atom is -0.312 e. The highest BCUT2D eigenvalue weighted by atomic mass is 15.2. The van der Waals surface area contributed by atoms with Crippen LogP contribution in [0.2, 0.25) is 0 Å². The predicted molar refractivity (Wildman–Crippen MR) is 83.5 cm³/mol. The van der Waals surface area contributed by atoms with Gasteiger partial charge >= 0.3 is 0 Å². The van der Waals surface area contributed by atoms with Gasteiger partial charge in [-0.05, 0) is 63.6 Å². The zero-order chi connectivity index (χ0) is 13.7. The lowest BCUT2D eigenvalue weighted by Crippen LogP contribution is -2.55. The molecule has 1 N–H and O–H groups in total. The molecule has 0 aromatic heterocycles. The van der Waals surface area contributed by atoms with Gasteiger partial charge in [0.2, 0.25) is 0 Å². The van der Waals surface area contributed by atoms with Gasteiger partial charge in [-0.2, -0.15) is 0 Å². The largest absolute Gasteiger partial charge is 0.312 e.